The van der Waals surface area contributed by atoms with Crippen molar-refractivity contribution in [2.24, 2.45) is 5.92 Å². The zero-order valence-electron chi connectivity index (χ0n) is 17.8. The molecule has 0 spiro atoms. The maximum Gasteiger partial charge on any atom is 0.350 e. The van der Waals surface area contributed by atoms with Crippen LogP contribution in [0.25, 0.3) is 0 Å². The number of alkyl halides is 2. The zero-order chi connectivity index (χ0) is 22.0. The fraction of sp³-hybridized carbons (Fsp3) is 0.591. The molecule has 1 aliphatic heterocycles. The number of hydrogen-bond acceptors (Lipinski definition) is 4. The van der Waals surface area contributed by atoms with Gasteiger partial charge in [-0.2, -0.15) is 13.1 Å². The highest BCUT2D eigenvalue weighted by atomic mass is 32.2. The maximum absolute atomic E-state index is 13.5. The van der Waals surface area contributed by atoms with Crippen LogP contribution in [0.5, 0.6) is 0 Å². The van der Waals surface area contributed by atoms with Gasteiger partial charge in [0.1, 0.15) is 0 Å². The van der Waals surface area contributed by atoms with Crippen molar-refractivity contribution in [3.8, 4) is 0 Å². The number of nitrogens with zero attached hydrogens (tertiary/aromatic N) is 3. The van der Waals surface area contributed by atoms with Gasteiger partial charge in [0.15, 0.2) is 0 Å². The van der Waals surface area contributed by atoms with Crippen LogP contribution < -0.4 is 4.90 Å². The monoisotopic (exact) mass is 452 g/mol. The predicted molar refractivity (Wildman–Crippen MR) is 116 cm³/mol. The summed E-state index contributed by atoms with van der Waals surface area (Å²) in [5, 5.41) is 0. The molecule has 170 valence electrons. The number of aryl methyl sites for hydroxylation is 1. The third-order valence-corrected chi connectivity index (χ3v) is 8.17. The van der Waals surface area contributed by atoms with Gasteiger partial charge in [-0.3, -0.25) is 0 Å². The Hall–Kier alpha value is -2.00. The Morgan fingerprint density at radius 2 is 1.94 bits per heavy atom. The van der Waals surface area contributed by atoms with E-state index in [0.717, 1.165) is 39.8 Å². The fourth-order valence-corrected chi connectivity index (χ4v) is 5.84. The summed E-state index contributed by atoms with van der Waals surface area (Å²) in [6.07, 6.45) is 8.25. The van der Waals surface area contributed by atoms with Gasteiger partial charge in [-0.15, -0.1) is 0 Å². The minimum atomic E-state index is -4.68. The second kappa shape index (κ2) is 9.24. The van der Waals surface area contributed by atoms with Crippen LogP contribution in [0.2, 0.25) is 0 Å². The minimum absolute atomic E-state index is 0.0428. The third kappa shape index (κ3) is 4.77. The first kappa shape index (κ1) is 22.2. The lowest BCUT2D eigenvalue weighted by Crippen LogP contribution is -2.45. The van der Waals surface area contributed by atoms with Gasteiger partial charge < -0.3 is 9.88 Å². The van der Waals surface area contributed by atoms with Gasteiger partial charge in [-0.1, -0.05) is 43.9 Å². The average molecular weight is 453 g/mol. The SMILES string of the molecule is Cc1[nH]cnc1CN1c2ccccc2CN(S(=O)(=O)C(F)F)CC1CCC1CCCC1. The van der Waals surface area contributed by atoms with Crippen LogP contribution in [0.1, 0.15) is 55.5 Å². The van der Waals surface area contributed by atoms with Crippen molar-refractivity contribution in [2.75, 3.05) is 11.4 Å². The van der Waals surface area contributed by atoms with Crippen molar-refractivity contribution in [1.29, 1.82) is 0 Å². The molecule has 0 saturated heterocycles. The second-order valence-electron chi connectivity index (χ2n) is 8.71. The highest BCUT2D eigenvalue weighted by Gasteiger charge is 2.38. The van der Waals surface area contributed by atoms with Gasteiger partial charge in [-0.25, -0.2) is 13.4 Å². The number of imidazole rings is 1. The molecule has 2 aromatic rings. The van der Waals surface area contributed by atoms with Crippen LogP contribution in [0.3, 0.4) is 0 Å². The lowest BCUT2D eigenvalue weighted by molar-refractivity contribution is 0.215. The van der Waals surface area contributed by atoms with E-state index in [1.807, 2.05) is 31.2 Å². The van der Waals surface area contributed by atoms with Gasteiger partial charge in [0.2, 0.25) is 0 Å². The normalized spacial score (nSPS) is 20.9. The molecule has 1 aliphatic carbocycles. The summed E-state index contributed by atoms with van der Waals surface area (Å²) < 4.78 is 52.8. The van der Waals surface area contributed by atoms with Gasteiger partial charge in [0.25, 0.3) is 10.0 Å². The highest BCUT2D eigenvalue weighted by Crippen LogP contribution is 2.35. The molecule has 1 atom stereocenters. The number of fused-ring (bicyclic) bond motifs is 1. The molecule has 31 heavy (non-hydrogen) atoms. The molecule has 0 bridgehead atoms. The summed E-state index contributed by atoms with van der Waals surface area (Å²) in [5.74, 6) is -2.79. The molecule has 9 heteroatoms. The van der Waals surface area contributed by atoms with E-state index in [1.54, 1.807) is 6.33 Å². The van der Waals surface area contributed by atoms with Crippen LogP contribution >= 0.6 is 0 Å². The van der Waals surface area contributed by atoms with E-state index >= 15 is 0 Å². The molecule has 2 heterocycles. The van der Waals surface area contributed by atoms with Crippen molar-refractivity contribution in [2.45, 2.75) is 70.3 Å². The summed E-state index contributed by atoms with van der Waals surface area (Å²) in [4.78, 5) is 9.70. The lowest BCUT2D eigenvalue weighted by atomic mass is 9.97. The highest BCUT2D eigenvalue weighted by molar-refractivity contribution is 7.89. The molecule has 0 radical (unpaired) electrons. The van der Waals surface area contributed by atoms with Gasteiger partial charge in [-0.05, 0) is 37.3 Å². The zero-order valence-corrected chi connectivity index (χ0v) is 18.6. The minimum Gasteiger partial charge on any atom is -0.361 e. The Kier molecular flexibility index (Phi) is 6.62. The Bertz CT molecular complexity index is 989. The van der Waals surface area contributed by atoms with E-state index in [1.165, 1.54) is 25.7 Å². The Morgan fingerprint density at radius 3 is 2.61 bits per heavy atom. The molecular formula is C22H30F2N4O2S. The Labute approximate surface area is 182 Å². The van der Waals surface area contributed by atoms with E-state index in [0.29, 0.717) is 12.5 Å². The largest absolute Gasteiger partial charge is 0.361 e. The number of hydrogen-bond donors (Lipinski definition) is 1. The van der Waals surface area contributed by atoms with Gasteiger partial charge >= 0.3 is 5.76 Å². The van der Waals surface area contributed by atoms with Gasteiger partial charge in [0.05, 0.1) is 18.6 Å². The molecule has 2 aliphatic rings. The number of aromatic nitrogens is 2. The maximum atomic E-state index is 13.5. The van der Waals surface area contributed by atoms with Crippen LogP contribution in [0, 0.1) is 12.8 Å². The van der Waals surface area contributed by atoms with Crippen molar-refractivity contribution in [3.05, 3.63) is 47.5 Å². The summed E-state index contributed by atoms with van der Waals surface area (Å²) >= 11 is 0. The Morgan fingerprint density at radius 1 is 1.19 bits per heavy atom. The van der Waals surface area contributed by atoms with Crippen LogP contribution in [-0.4, -0.2) is 41.0 Å². The smallest absolute Gasteiger partial charge is 0.350 e. The molecule has 1 unspecified atom stereocenters. The number of H-pyrrole nitrogens is 1. The average Bonchev–Trinajstić information content (AvgIpc) is 3.37. The Balaban J connectivity index is 1.70. The molecule has 1 fully saturated rings. The molecule has 1 saturated carbocycles. The summed E-state index contributed by atoms with van der Waals surface area (Å²) in [6, 6.07) is 7.32. The second-order valence-corrected chi connectivity index (χ2v) is 10.6. The first-order valence-electron chi connectivity index (χ1n) is 11.0. The quantitative estimate of drug-likeness (QED) is 0.675. The number of benzene rings is 1. The molecular weight excluding hydrogens is 422 g/mol. The van der Waals surface area contributed by atoms with Crippen LogP contribution in [-0.2, 0) is 23.1 Å². The molecule has 6 nitrogen and oxygen atoms in total. The van der Waals surface area contributed by atoms with E-state index in [2.05, 4.69) is 14.9 Å². The number of sulfonamides is 1. The van der Waals surface area contributed by atoms with E-state index < -0.39 is 15.8 Å². The third-order valence-electron chi connectivity index (χ3n) is 6.73. The van der Waals surface area contributed by atoms with Crippen molar-refractivity contribution < 1.29 is 17.2 Å². The van der Waals surface area contributed by atoms with Crippen LogP contribution in [0.15, 0.2) is 30.6 Å². The summed E-state index contributed by atoms with van der Waals surface area (Å²) in [6.45, 7) is 2.47. The van der Waals surface area contributed by atoms with Crippen molar-refractivity contribution >= 4 is 15.7 Å². The van der Waals surface area contributed by atoms with Crippen molar-refractivity contribution in [1.82, 2.24) is 14.3 Å². The fourth-order valence-electron chi connectivity index (χ4n) is 4.91. The summed E-state index contributed by atoms with van der Waals surface area (Å²) in [5.41, 5.74) is 3.47. The van der Waals surface area contributed by atoms with E-state index in [-0.39, 0.29) is 19.1 Å². The first-order valence-corrected chi connectivity index (χ1v) is 12.5. The number of nitrogens with one attached hydrogen (secondary N) is 1. The van der Waals surface area contributed by atoms with E-state index in [4.69, 9.17) is 0 Å². The molecule has 1 aromatic heterocycles. The molecule has 4 rings (SSSR count). The number of anilines is 1. The van der Waals surface area contributed by atoms with Crippen LogP contribution in [0.4, 0.5) is 14.5 Å². The number of halogens is 2. The molecule has 1 N–H and O–H groups in total. The lowest BCUT2D eigenvalue weighted by Gasteiger charge is -2.34. The molecule has 0 amide bonds. The molecule has 1 aromatic carbocycles. The standard InChI is InChI=1S/C22H30F2N4O2S/c1-16-20(26-15-25-16)14-28-19(11-10-17-6-2-3-7-17)13-27(31(29,30)22(23)24)12-18-8-4-5-9-21(18)28/h4-5,8-9,15,17,19,22H,2-3,6-7,10-14H2,1H3,(H,25,26). The van der Waals surface area contributed by atoms with Crippen molar-refractivity contribution in [3.63, 3.8) is 0 Å². The van der Waals surface area contributed by atoms with E-state index in [9.17, 15) is 17.2 Å². The summed E-state index contributed by atoms with van der Waals surface area (Å²) in [7, 11) is -4.68. The predicted octanol–water partition coefficient (Wildman–Crippen LogP) is 4.43. The first-order chi connectivity index (χ1) is 14.9. The topological polar surface area (TPSA) is 69.3 Å². The number of para-hydroxylation sites is 1. The van der Waals surface area contributed by atoms with Gasteiger partial charge in [0, 0.05) is 30.5 Å². The number of aromatic amines is 1. The number of rotatable bonds is 7.